The van der Waals surface area contributed by atoms with Crippen molar-refractivity contribution in [2.24, 2.45) is 5.92 Å². The molecule has 0 unspecified atom stereocenters. The van der Waals surface area contributed by atoms with Gasteiger partial charge in [0.2, 0.25) is 5.91 Å². The minimum atomic E-state index is -0.0534. The van der Waals surface area contributed by atoms with E-state index in [2.05, 4.69) is 31.1 Å². The van der Waals surface area contributed by atoms with Crippen LogP contribution in [0.2, 0.25) is 0 Å². The van der Waals surface area contributed by atoms with Crippen molar-refractivity contribution in [2.75, 3.05) is 16.8 Å². The zero-order chi connectivity index (χ0) is 21.3. The van der Waals surface area contributed by atoms with Gasteiger partial charge in [0.1, 0.15) is 10.7 Å². The fourth-order valence-electron chi connectivity index (χ4n) is 3.91. The second kappa shape index (κ2) is 8.60. The van der Waals surface area contributed by atoms with E-state index in [1.165, 1.54) is 4.88 Å². The van der Waals surface area contributed by atoms with E-state index in [0.717, 1.165) is 53.0 Å². The van der Waals surface area contributed by atoms with Crippen LogP contribution >= 0.6 is 11.3 Å². The number of benzene rings is 1. The van der Waals surface area contributed by atoms with Crippen LogP contribution in [0.1, 0.15) is 49.4 Å². The smallest absolute Gasteiger partial charge is 0.259 e. The van der Waals surface area contributed by atoms with Crippen molar-refractivity contribution in [3.8, 4) is 0 Å². The summed E-state index contributed by atoms with van der Waals surface area (Å²) in [4.78, 5) is 36.1. The fourth-order valence-corrected chi connectivity index (χ4v) is 4.98. The van der Waals surface area contributed by atoms with Crippen LogP contribution in [-0.2, 0) is 17.8 Å². The van der Waals surface area contributed by atoms with E-state index in [1.807, 2.05) is 29.2 Å². The summed E-state index contributed by atoms with van der Waals surface area (Å²) in [5.41, 5.74) is 2.94. The summed E-state index contributed by atoms with van der Waals surface area (Å²) in [6.45, 7) is 7.69. The number of aromatic amines is 1. The Labute approximate surface area is 180 Å². The third-order valence-electron chi connectivity index (χ3n) is 5.87. The lowest BCUT2D eigenvalue weighted by Gasteiger charge is -2.16. The lowest BCUT2D eigenvalue weighted by Crippen LogP contribution is -2.23. The van der Waals surface area contributed by atoms with Gasteiger partial charge in [-0.05, 0) is 55.5 Å². The van der Waals surface area contributed by atoms with Crippen molar-refractivity contribution in [2.45, 2.75) is 53.0 Å². The number of hydrogen-bond acceptors (Lipinski definition) is 5. The first kappa shape index (κ1) is 20.6. The molecule has 0 aliphatic carbocycles. The topological polar surface area (TPSA) is 78.1 Å². The zero-order valence-electron chi connectivity index (χ0n) is 17.7. The van der Waals surface area contributed by atoms with Crippen LogP contribution in [0.15, 0.2) is 29.1 Å². The quantitative estimate of drug-likeness (QED) is 0.580. The summed E-state index contributed by atoms with van der Waals surface area (Å²) in [5, 5.41) is 4.06. The first-order valence-corrected chi connectivity index (χ1v) is 11.4. The Bertz CT molecular complexity index is 1120. The minimum absolute atomic E-state index is 0.0534. The first-order chi connectivity index (χ1) is 14.5. The van der Waals surface area contributed by atoms with Crippen LogP contribution in [-0.4, -0.2) is 22.4 Å². The molecule has 7 heteroatoms. The Balaban J connectivity index is 1.49. The van der Waals surface area contributed by atoms with Gasteiger partial charge in [-0.15, -0.1) is 11.3 Å². The van der Waals surface area contributed by atoms with Crippen LogP contribution in [0, 0.1) is 12.8 Å². The number of hydrogen-bond donors (Lipinski definition) is 2. The molecule has 3 aromatic rings. The molecule has 2 aromatic heterocycles. The van der Waals surface area contributed by atoms with Crippen molar-refractivity contribution in [3.05, 3.63) is 50.9 Å². The molecule has 1 aromatic carbocycles. The highest BCUT2D eigenvalue weighted by atomic mass is 32.1. The number of aryl methyl sites for hydroxylation is 1. The van der Waals surface area contributed by atoms with Gasteiger partial charge in [-0.1, -0.05) is 20.3 Å². The predicted octanol–water partition coefficient (Wildman–Crippen LogP) is 4.62. The lowest BCUT2D eigenvalue weighted by molar-refractivity contribution is -0.117. The summed E-state index contributed by atoms with van der Waals surface area (Å²) in [7, 11) is 0. The van der Waals surface area contributed by atoms with Gasteiger partial charge in [0, 0.05) is 29.2 Å². The number of aromatic nitrogens is 2. The lowest BCUT2D eigenvalue weighted by atomic mass is 9.98. The van der Waals surface area contributed by atoms with Crippen molar-refractivity contribution < 1.29 is 4.79 Å². The summed E-state index contributed by atoms with van der Waals surface area (Å²) < 4.78 is 0. The Kier molecular flexibility index (Phi) is 5.90. The number of nitrogens with zero attached hydrogens (tertiary/aromatic N) is 2. The average molecular weight is 425 g/mol. The monoisotopic (exact) mass is 424 g/mol. The van der Waals surface area contributed by atoms with Gasteiger partial charge in [0.25, 0.3) is 5.56 Å². The number of nitrogens with one attached hydrogen (secondary N) is 2. The third-order valence-corrected chi connectivity index (χ3v) is 6.91. The summed E-state index contributed by atoms with van der Waals surface area (Å²) in [6, 6.07) is 7.82. The van der Waals surface area contributed by atoms with E-state index < -0.39 is 0 Å². The summed E-state index contributed by atoms with van der Waals surface area (Å²) in [5.74, 6) is 1.36. The highest BCUT2D eigenvalue weighted by molar-refractivity contribution is 7.18. The maximum atomic E-state index is 12.8. The van der Waals surface area contributed by atoms with Gasteiger partial charge in [0.05, 0.1) is 11.9 Å². The summed E-state index contributed by atoms with van der Waals surface area (Å²) >= 11 is 1.60. The van der Waals surface area contributed by atoms with Crippen molar-refractivity contribution >= 4 is 38.8 Å². The standard InChI is InChI=1S/C23H28N4O2S/c1-4-14(2)12-18-15(3)30-23-21(18)22(29)25-19(26-23)13-24-16-7-9-17(10-8-16)27-11-5-6-20(27)28/h7-10,14,24H,4-6,11-13H2,1-3H3,(H,25,26,29)/t14-/m0/s1. The van der Waals surface area contributed by atoms with Gasteiger partial charge in [-0.2, -0.15) is 0 Å². The fraction of sp³-hybridized carbons (Fsp3) is 0.435. The van der Waals surface area contributed by atoms with Crippen LogP contribution < -0.4 is 15.8 Å². The van der Waals surface area contributed by atoms with Crippen LogP contribution in [0.4, 0.5) is 11.4 Å². The molecule has 4 rings (SSSR count). The van der Waals surface area contributed by atoms with E-state index in [-0.39, 0.29) is 11.5 Å². The molecule has 158 valence electrons. The molecule has 0 radical (unpaired) electrons. The average Bonchev–Trinajstić information content (AvgIpc) is 3.30. The highest BCUT2D eigenvalue weighted by Crippen LogP contribution is 2.29. The minimum Gasteiger partial charge on any atom is -0.378 e. The number of rotatable bonds is 7. The Morgan fingerprint density at radius 2 is 2.03 bits per heavy atom. The SMILES string of the molecule is CC[C@H](C)Cc1c(C)sc2nc(CNc3ccc(N4CCCC4=O)cc3)[nH]c(=O)c12. The number of amides is 1. The highest BCUT2D eigenvalue weighted by Gasteiger charge is 2.21. The molecule has 1 amide bonds. The molecule has 3 heterocycles. The van der Waals surface area contributed by atoms with Crippen LogP contribution in [0.5, 0.6) is 0 Å². The number of fused-ring (bicyclic) bond motifs is 1. The number of anilines is 2. The second-order valence-corrected chi connectivity index (χ2v) is 9.30. The summed E-state index contributed by atoms with van der Waals surface area (Å²) in [6.07, 6.45) is 3.55. The third kappa shape index (κ3) is 4.12. The molecule has 6 nitrogen and oxygen atoms in total. The maximum Gasteiger partial charge on any atom is 0.259 e. The van der Waals surface area contributed by atoms with E-state index in [1.54, 1.807) is 11.3 Å². The number of thiophene rings is 1. The molecule has 0 saturated carbocycles. The Morgan fingerprint density at radius 3 is 2.70 bits per heavy atom. The first-order valence-electron chi connectivity index (χ1n) is 10.6. The molecule has 1 saturated heterocycles. The van der Waals surface area contributed by atoms with E-state index in [9.17, 15) is 9.59 Å². The number of carbonyl (C=O) groups is 1. The van der Waals surface area contributed by atoms with Gasteiger partial charge in [-0.25, -0.2) is 4.98 Å². The van der Waals surface area contributed by atoms with E-state index in [0.29, 0.717) is 24.7 Å². The molecule has 0 bridgehead atoms. The Hall–Kier alpha value is -2.67. The predicted molar refractivity (Wildman–Crippen MR) is 123 cm³/mol. The largest absolute Gasteiger partial charge is 0.378 e. The molecule has 1 atom stereocenters. The number of carbonyl (C=O) groups excluding carboxylic acids is 1. The van der Waals surface area contributed by atoms with E-state index in [4.69, 9.17) is 4.98 Å². The van der Waals surface area contributed by atoms with Gasteiger partial charge in [0.15, 0.2) is 0 Å². The number of H-pyrrole nitrogens is 1. The molecule has 30 heavy (non-hydrogen) atoms. The van der Waals surface area contributed by atoms with Crippen LogP contribution in [0.3, 0.4) is 0 Å². The zero-order valence-corrected chi connectivity index (χ0v) is 18.6. The van der Waals surface area contributed by atoms with Crippen molar-refractivity contribution in [1.29, 1.82) is 0 Å². The molecule has 2 N–H and O–H groups in total. The molecular formula is C23H28N4O2S. The normalized spacial score (nSPS) is 15.2. The molecular weight excluding hydrogens is 396 g/mol. The van der Waals surface area contributed by atoms with Crippen LogP contribution in [0.25, 0.3) is 10.2 Å². The Morgan fingerprint density at radius 1 is 1.27 bits per heavy atom. The van der Waals surface area contributed by atoms with E-state index >= 15 is 0 Å². The second-order valence-electron chi connectivity index (χ2n) is 8.10. The molecule has 0 spiro atoms. The maximum absolute atomic E-state index is 12.8. The van der Waals surface area contributed by atoms with Gasteiger partial charge < -0.3 is 15.2 Å². The van der Waals surface area contributed by atoms with Crippen molar-refractivity contribution in [1.82, 2.24) is 9.97 Å². The van der Waals surface area contributed by atoms with Gasteiger partial charge >= 0.3 is 0 Å². The molecule has 1 aliphatic heterocycles. The molecule has 1 aliphatic rings. The molecule has 1 fully saturated rings. The van der Waals surface area contributed by atoms with Gasteiger partial charge in [-0.3, -0.25) is 9.59 Å². The van der Waals surface area contributed by atoms with Crippen molar-refractivity contribution in [3.63, 3.8) is 0 Å².